The van der Waals surface area contributed by atoms with Gasteiger partial charge in [0.1, 0.15) is 17.5 Å². The van der Waals surface area contributed by atoms with Gasteiger partial charge >= 0.3 is 0 Å². The summed E-state index contributed by atoms with van der Waals surface area (Å²) in [5.41, 5.74) is 7.11. The fraction of sp³-hybridized carbons (Fsp3) is 0.548. The van der Waals surface area contributed by atoms with Crippen molar-refractivity contribution in [1.82, 2.24) is 9.80 Å². The van der Waals surface area contributed by atoms with E-state index < -0.39 is 17.6 Å². The molecular weight excluding hydrogens is 481 g/mol. The lowest BCUT2D eigenvalue weighted by atomic mass is 9.85. The lowest BCUT2D eigenvalue weighted by Gasteiger charge is -2.38. The molecule has 0 spiro atoms. The molecule has 6 nitrogen and oxygen atoms in total. The van der Waals surface area contributed by atoms with Crippen LogP contribution in [0.2, 0.25) is 0 Å². The van der Waals surface area contributed by atoms with Gasteiger partial charge in [0.05, 0.1) is 6.61 Å². The van der Waals surface area contributed by atoms with Gasteiger partial charge in [0.25, 0.3) is 5.91 Å². The molecule has 0 bridgehead atoms. The third-order valence-corrected chi connectivity index (χ3v) is 8.61. The van der Waals surface area contributed by atoms with Crippen LogP contribution < -0.4 is 10.5 Å². The summed E-state index contributed by atoms with van der Waals surface area (Å²) in [5, 5.41) is 0. The van der Waals surface area contributed by atoms with Gasteiger partial charge in [-0.1, -0.05) is 43.5 Å². The average molecular weight is 522 g/mol. The molecule has 204 valence electrons. The van der Waals surface area contributed by atoms with Crippen molar-refractivity contribution in [1.29, 1.82) is 0 Å². The first kappa shape index (κ1) is 26.7. The second-order valence-corrected chi connectivity index (χ2v) is 11.4. The van der Waals surface area contributed by atoms with Gasteiger partial charge in [-0.25, -0.2) is 4.39 Å². The lowest BCUT2D eigenvalue weighted by Crippen LogP contribution is -2.45. The van der Waals surface area contributed by atoms with Crippen molar-refractivity contribution in [3.8, 4) is 16.9 Å². The number of nitrogens with two attached hydrogens (primary N) is 1. The highest BCUT2D eigenvalue weighted by atomic mass is 19.1. The zero-order valence-electron chi connectivity index (χ0n) is 22.2. The molecule has 1 aliphatic carbocycles. The fourth-order valence-electron chi connectivity index (χ4n) is 6.29. The van der Waals surface area contributed by atoms with Crippen molar-refractivity contribution in [2.45, 2.75) is 69.5 Å². The Morgan fingerprint density at radius 1 is 0.868 bits per heavy atom. The molecule has 2 saturated heterocycles. The molecule has 2 aliphatic heterocycles. The number of alkyl halides is 1. The van der Waals surface area contributed by atoms with Crippen LogP contribution in [0.5, 0.6) is 5.75 Å². The third kappa shape index (κ3) is 6.37. The van der Waals surface area contributed by atoms with Crippen LogP contribution >= 0.6 is 0 Å². The Bertz CT molecular complexity index is 1090. The fourth-order valence-corrected chi connectivity index (χ4v) is 6.29. The summed E-state index contributed by atoms with van der Waals surface area (Å²) < 4.78 is 21.1. The predicted molar refractivity (Wildman–Crippen MR) is 147 cm³/mol. The first-order valence-corrected chi connectivity index (χ1v) is 14.3. The molecule has 0 unspecified atom stereocenters. The third-order valence-electron chi connectivity index (χ3n) is 8.61. The molecule has 3 fully saturated rings. The molecule has 0 radical (unpaired) electrons. The predicted octanol–water partition coefficient (Wildman–Crippen LogP) is 5.21. The molecule has 2 amide bonds. The number of primary amides is 1. The Kier molecular flexibility index (Phi) is 8.32. The van der Waals surface area contributed by atoms with Gasteiger partial charge in [0, 0.05) is 18.7 Å². The van der Waals surface area contributed by atoms with Crippen LogP contribution in [-0.2, 0) is 4.79 Å². The van der Waals surface area contributed by atoms with Gasteiger partial charge in [-0.05, 0) is 92.9 Å². The normalized spacial score (nSPS) is 22.3. The van der Waals surface area contributed by atoms with Gasteiger partial charge in [-0.15, -0.1) is 0 Å². The first-order chi connectivity index (χ1) is 18.4. The Labute approximate surface area is 225 Å². The van der Waals surface area contributed by atoms with Gasteiger partial charge in [0.15, 0.2) is 0 Å². The summed E-state index contributed by atoms with van der Waals surface area (Å²) in [4.78, 5) is 28.4. The molecule has 7 heteroatoms. The SMILES string of the molecule is NC(=O)[C@@H]1CCCN1C(=O)c1ccc(-c2ccc(OCC3CCN(CC4(F)CCCCC4)CC3)cc2)cc1. The summed E-state index contributed by atoms with van der Waals surface area (Å²) in [6.45, 7) is 3.76. The topological polar surface area (TPSA) is 75.9 Å². The second-order valence-electron chi connectivity index (χ2n) is 11.4. The highest BCUT2D eigenvalue weighted by Gasteiger charge is 2.35. The quantitative estimate of drug-likeness (QED) is 0.518. The summed E-state index contributed by atoms with van der Waals surface area (Å²) in [7, 11) is 0. The number of rotatable bonds is 8. The molecule has 2 N–H and O–H groups in total. The second kappa shape index (κ2) is 11.9. The van der Waals surface area contributed by atoms with Crippen LogP contribution in [-0.4, -0.2) is 66.1 Å². The van der Waals surface area contributed by atoms with Crippen LogP contribution in [0.1, 0.15) is 68.1 Å². The Balaban J connectivity index is 1.09. The van der Waals surface area contributed by atoms with Gasteiger partial charge < -0.3 is 20.3 Å². The van der Waals surface area contributed by atoms with Crippen LogP contribution in [0.3, 0.4) is 0 Å². The number of ether oxygens (including phenoxy) is 1. The maximum absolute atomic E-state index is 15.0. The van der Waals surface area contributed by atoms with E-state index in [2.05, 4.69) is 4.90 Å². The van der Waals surface area contributed by atoms with E-state index in [0.717, 1.165) is 74.9 Å². The van der Waals surface area contributed by atoms with E-state index in [4.69, 9.17) is 10.5 Å². The number of piperidine rings is 1. The number of carbonyl (C=O) groups is 2. The highest BCUT2D eigenvalue weighted by Crippen LogP contribution is 2.34. The van der Waals surface area contributed by atoms with E-state index in [1.165, 1.54) is 6.42 Å². The number of halogens is 1. The zero-order valence-corrected chi connectivity index (χ0v) is 22.2. The van der Waals surface area contributed by atoms with E-state index >= 15 is 4.39 Å². The van der Waals surface area contributed by atoms with Crippen LogP contribution in [0.25, 0.3) is 11.1 Å². The molecule has 3 aliphatic rings. The van der Waals surface area contributed by atoms with Crippen molar-refractivity contribution >= 4 is 11.8 Å². The van der Waals surface area contributed by atoms with E-state index in [1.54, 1.807) is 4.90 Å². The average Bonchev–Trinajstić information content (AvgIpc) is 3.44. The number of carbonyl (C=O) groups excluding carboxylic acids is 2. The molecule has 2 heterocycles. The number of hydrogen-bond donors (Lipinski definition) is 1. The van der Waals surface area contributed by atoms with Gasteiger partial charge in [-0.3, -0.25) is 9.59 Å². The van der Waals surface area contributed by atoms with Gasteiger partial charge in [-0.2, -0.15) is 0 Å². The van der Waals surface area contributed by atoms with Crippen molar-refractivity contribution in [2.75, 3.05) is 32.8 Å². The minimum absolute atomic E-state index is 0.148. The van der Waals surface area contributed by atoms with Crippen molar-refractivity contribution in [3.63, 3.8) is 0 Å². The maximum Gasteiger partial charge on any atom is 0.254 e. The smallest absolute Gasteiger partial charge is 0.254 e. The maximum atomic E-state index is 15.0. The van der Waals surface area contributed by atoms with Crippen LogP contribution in [0.4, 0.5) is 4.39 Å². The van der Waals surface area contributed by atoms with E-state index in [1.807, 2.05) is 48.5 Å². The number of nitrogens with zero attached hydrogens (tertiary/aromatic N) is 2. The van der Waals surface area contributed by atoms with E-state index in [-0.39, 0.29) is 5.91 Å². The van der Waals surface area contributed by atoms with Crippen molar-refractivity contribution < 1.29 is 18.7 Å². The Hall–Kier alpha value is -2.93. The summed E-state index contributed by atoms with van der Waals surface area (Å²) in [6.07, 6.45) is 8.22. The van der Waals surface area contributed by atoms with Crippen molar-refractivity contribution in [3.05, 3.63) is 54.1 Å². The highest BCUT2D eigenvalue weighted by molar-refractivity contribution is 5.98. The molecule has 2 aromatic carbocycles. The van der Waals surface area contributed by atoms with Gasteiger partial charge in [0.2, 0.25) is 5.91 Å². The standard InChI is InChI=1S/C31H40FN3O3/c32-31(16-2-1-3-17-31)22-34-19-14-23(15-20-34)21-38-27-12-10-25(11-13-27)24-6-8-26(9-7-24)30(37)35-18-4-5-28(35)29(33)36/h6-13,23,28H,1-5,14-22H2,(H2,33,36)/t28-/m0/s1. The number of benzene rings is 2. The molecular formula is C31H40FN3O3. The Morgan fingerprint density at radius 2 is 1.50 bits per heavy atom. The van der Waals surface area contributed by atoms with Crippen molar-refractivity contribution in [2.24, 2.45) is 11.7 Å². The summed E-state index contributed by atoms with van der Waals surface area (Å²) >= 11 is 0. The van der Waals surface area contributed by atoms with Crippen LogP contribution in [0.15, 0.2) is 48.5 Å². The summed E-state index contributed by atoms with van der Waals surface area (Å²) in [5.74, 6) is 0.761. The minimum atomic E-state index is -0.971. The number of likely N-dealkylation sites (tertiary alicyclic amines) is 2. The monoisotopic (exact) mass is 521 g/mol. The Morgan fingerprint density at radius 3 is 2.13 bits per heavy atom. The lowest BCUT2D eigenvalue weighted by molar-refractivity contribution is -0.121. The van der Waals surface area contributed by atoms with Crippen LogP contribution in [0, 0.1) is 5.92 Å². The molecule has 2 aromatic rings. The summed E-state index contributed by atoms with van der Waals surface area (Å²) in [6, 6.07) is 15.0. The molecule has 0 aromatic heterocycles. The first-order valence-electron chi connectivity index (χ1n) is 14.3. The molecule has 38 heavy (non-hydrogen) atoms. The minimum Gasteiger partial charge on any atom is -0.493 e. The molecule has 1 atom stereocenters. The zero-order chi connectivity index (χ0) is 26.5. The number of hydrogen-bond acceptors (Lipinski definition) is 4. The number of amides is 2. The largest absolute Gasteiger partial charge is 0.493 e. The van der Waals surface area contributed by atoms with E-state index in [0.29, 0.717) is 37.6 Å². The van der Waals surface area contributed by atoms with E-state index in [9.17, 15) is 9.59 Å². The molecule has 5 rings (SSSR count). The molecule has 1 saturated carbocycles.